The molecule has 0 radical (unpaired) electrons. The van der Waals surface area contributed by atoms with Crippen molar-refractivity contribution in [2.75, 3.05) is 31.1 Å². The molecule has 0 aromatic carbocycles. The van der Waals surface area contributed by atoms with E-state index in [9.17, 15) is 0 Å². The van der Waals surface area contributed by atoms with Crippen molar-refractivity contribution in [3.05, 3.63) is 23.4 Å². The molecule has 0 saturated carbocycles. The molecule has 2 heterocycles. The third-order valence-corrected chi connectivity index (χ3v) is 3.48. The Kier molecular flexibility index (Phi) is 3.99. The predicted octanol–water partition coefficient (Wildman–Crippen LogP) is 1.30. The standard InChI is InChI=1S/C14H17N5/c1-11-3-4-13(10-16)14(17-11)19-7-5-18(6-8-19)12(2)9-15/h3-4,12H,5-8H2,1-2H3. The predicted molar refractivity (Wildman–Crippen MR) is 72.6 cm³/mol. The summed E-state index contributed by atoms with van der Waals surface area (Å²) in [5, 5.41) is 18.1. The number of rotatable bonds is 2. The molecule has 0 N–H and O–H groups in total. The molecule has 98 valence electrons. The van der Waals surface area contributed by atoms with Crippen LogP contribution in [0.25, 0.3) is 0 Å². The van der Waals surface area contributed by atoms with Crippen LogP contribution in [0.2, 0.25) is 0 Å². The topological polar surface area (TPSA) is 67.0 Å². The largest absolute Gasteiger partial charge is 0.353 e. The minimum Gasteiger partial charge on any atom is -0.353 e. The van der Waals surface area contributed by atoms with Gasteiger partial charge in [-0.1, -0.05) is 0 Å². The smallest absolute Gasteiger partial charge is 0.146 e. The zero-order chi connectivity index (χ0) is 13.8. The van der Waals surface area contributed by atoms with Gasteiger partial charge in [0.25, 0.3) is 0 Å². The number of piperazine rings is 1. The molecule has 0 amide bonds. The van der Waals surface area contributed by atoms with Gasteiger partial charge < -0.3 is 4.90 Å². The third-order valence-electron chi connectivity index (χ3n) is 3.48. The van der Waals surface area contributed by atoms with Crippen LogP contribution < -0.4 is 4.90 Å². The Labute approximate surface area is 113 Å². The lowest BCUT2D eigenvalue weighted by Gasteiger charge is -2.36. The Hall–Kier alpha value is -2.11. The van der Waals surface area contributed by atoms with E-state index in [1.54, 1.807) is 0 Å². The second-order valence-electron chi connectivity index (χ2n) is 4.76. The molecule has 1 aliphatic rings. The van der Waals surface area contributed by atoms with Gasteiger partial charge in [0.05, 0.1) is 17.7 Å². The van der Waals surface area contributed by atoms with Gasteiger partial charge in [0.15, 0.2) is 0 Å². The summed E-state index contributed by atoms with van der Waals surface area (Å²) in [6.07, 6.45) is 0. The van der Waals surface area contributed by atoms with Crippen LogP contribution in [-0.2, 0) is 0 Å². The van der Waals surface area contributed by atoms with Gasteiger partial charge in [0.2, 0.25) is 0 Å². The fourth-order valence-corrected chi connectivity index (χ4v) is 2.27. The number of aromatic nitrogens is 1. The molecule has 5 nitrogen and oxygen atoms in total. The molecule has 2 rings (SSSR count). The van der Waals surface area contributed by atoms with E-state index in [0.29, 0.717) is 5.56 Å². The highest BCUT2D eigenvalue weighted by Gasteiger charge is 2.23. The lowest BCUT2D eigenvalue weighted by atomic mass is 10.2. The first-order valence-corrected chi connectivity index (χ1v) is 6.42. The van der Waals surface area contributed by atoms with E-state index in [4.69, 9.17) is 10.5 Å². The monoisotopic (exact) mass is 255 g/mol. The summed E-state index contributed by atoms with van der Waals surface area (Å²) in [5.74, 6) is 0.770. The van der Waals surface area contributed by atoms with E-state index < -0.39 is 0 Å². The molecule has 5 heteroatoms. The van der Waals surface area contributed by atoms with Crippen molar-refractivity contribution in [1.82, 2.24) is 9.88 Å². The number of pyridine rings is 1. The maximum Gasteiger partial charge on any atom is 0.146 e. The first-order chi connectivity index (χ1) is 9.15. The Morgan fingerprint density at radius 2 is 1.89 bits per heavy atom. The van der Waals surface area contributed by atoms with Gasteiger partial charge in [-0.05, 0) is 26.0 Å². The SMILES string of the molecule is Cc1ccc(C#N)c(N2CCN(C(C)C#N)CC2)n1. The zero-order valence-corrected chi connectivity index (χ0v) is 11.3. The minimum absolute atomic E-state index is 0.0527. The van der Waals surface area contributed by atoms with Crippen molar-refractivity contribution in [1.29, 1.82) is 10.5 Å². The normalized spacial score (nSPS) is 17.6. The van der Waals surface area contributed by atoms with Crippen LogP contribution in [0, 0.1) is 29.6 Å². The fraction of sp³-hybridized carbons (Fsp3) is 0.500. The summed E-state index contributed by atoms with van der Waals surface area (Å²) in [7, 11) is 0. The maximum atomic E-state index is 9.15. The highest BCUT2D eigenvalue weighted by molar-refractivity contribution is 5.54. The van der Waals surface area contributed by atoms with Gasteiger partial charge in [-0.15, -0.1) is 0 Å². The number of anilines is 1. The van der Waals surface area contributed by atoms with E-state index in [0.717, 1.165) is 37.7 Å². The van der Waals surface area contributed by atoms with Crippen molar-refractivity contribution < 1.29 is 0 Å². The quantitative estimate of drug-likeness (QED) is 0.796. The van der Waals surface area contributed by atoms with Crippen LogP contribution in [0.4, 0.5) is 5.82 Å². The zero-order valence-electron chi connectivity index (χ0n) is 11.3. The molecule has 0 spiro atoms. The molecule has 1 unspecified atom stereocenters. The van der Waals surface area contributed by atoms with Crippen molar-refractivity contribution in [2.45, 2.75) is 19.9 Å². The summed E-state index contributed by atoms with van der Waals surface area (Å²) < 4.78 is 0. The van der Waals surface area contributed by atoms with Crippen LogP contribution in [0.15, 0.2) is 12.1 Å². The molecule has 1 aromatic heterocycles. The van der Waals surface area contributed by atoms with E-state index in [1.807, 2.05) is 26.0 Å². The fourth-order valence-electron chi connectivity index (χ4n) is 2.27. The molecule has 0 bridgehead atoms. The number of aryl methyl sites for hydroxylation is 1. The maximum absolute atomic E-state index is 9.15. The second kappa shape index (κ2) is 5.69. The Balaban J connectivity index is 2.12. The molecule has 1 fully saturated rings. The summed E-state index contributed by atoms with van der Waals surface area (Å²) in [4.78, 5) is 8.76. The Morgan fingerprint density at radius 1 is 1.21 bits per heavy atom. The summed E-state index contributed by atoms with van der Waals surface area (Å²) in [5.41, 5.74) is 1.54. The van der Waals surface area contributed by atoms with Gasteiger partial charge in [-0.2, -0.15) is 10.5 Å². The third kappa shape index (κ3) is 2.83. The van der Waals surface area contributed by atoms with E-state index in [2.05, 4.69) is 26.9 Å². The van der Waals surface area contributed by atoms with Gasteiger partial charge in [0, 0.05) is 31.9 Å². The molecule has 1 atom stereocenters. The summed E-state index contributed by atoms with van der Waals surface area (Å²) in [6, 6.07) is 8.08. The number of hydrogen-bond donors (Lipinski definition) is 0. The van der Waals surface area contributed by atoms with E-state index in [-0.39, 0.29) is 6.04 Å². The highest BCUT2D eigenvalue weighted by atomic mass is 15.3. The van der Waals surface area contributed by atoms with Crippen LogP contribution in [0.3, 0.4) is 0 Å². The van der Waals surface area contributed by atoms with Crippen molar-refractivity contribution in [2.24, 2.45) is 0 Å². The van der Waals surface area contributed by atoms with E-state index in [1.165, 1.54) is 0 Å². The lowest BCUT2D eigenvalue weighted by Crippen LogP contribution is -2.49. The van der Waals surface area contributed by atoms with Crippen LogP contribution in [0.5, 0.6) is 0 Å². The van der Waals surface area contributed by atoms with Crippen molar-refractivity contribution >= 4 is 5.82 Å². The summed E-state index contributed by atoms with van der Waals surface area (Å²) >= 11 is 0. The van der Waals surface area contributed by atoms with Crippen molar-refractivity contribution in [3.8, 4) is 12.1 Å². The van der Waals surface area contributed by atoms with E-state index >= 15 is 0 Å². The average Bonchev–Trinajstić information content (AvgIpc) is 2.46. The van der Waals surface area contributed by atoms with Crippen LogP contribution >= 0.6 is 0 Å². The van der Waals surface area contributed by atoms with Crippen molar-refractivity contribution in [3.63, 3.8) is 0 Å². The van der Waals surface area contributed by atoms with Gasteiger partial charge in [-0.25, -0.2) is 4.98 Å². The first kappa shape index (κ1) is 13.3. The molecular formula is C14H17N5. The Bertz CT molecular complexity index is 532. The molecule has 0 aliphatic carbocycles. The Morgan fingerprint density at radius 3 is 2.47 bits per heavy atom. The van der Waals surface area contributed by atoms with Crippen LogP contribution in [0.1, 0.15) is 18.2 Å². The lowest BCUT2D eigenvalue weighted by molar-refractivity contribution is 0.231. The molecule has 19 heavy (non-hydrogen) atoms. The average molecular weight is 255 g/mol. The first-order valence-electron chi connectivity index (χ1n) is 6.42. The minimum atomic E-state index is -0.0527. The van der Waals surface area contributed by atoms with Crippen LogP contribution in [-0.4, -0.2) is 42.1 Å². The van der Waals surface area contributed by atoms with Gasteiger partial charge in [0.1, 0.15) is 11.9 Å². The van der Waals surface area contributed by atoms with Gasteiger partial charge >= 0.3 is 0 Å². The highest BCUT2D eigenvalue weighted by Crippen LogP contribution is 2.20. The molecular weight excluding hydrogens is 238 g/mol. The number of nitrogens with zero attached hydrogens (tertiary/aromatic N) is 5. The number of nitriles is 2. The molecule has 1 aliphatic heterocycles. The summed E-state index contributed by atoms with van der Waals surface area (Å²) in [6.45, 7) is 7.11. The second-order valence-corrected chi connectivity index (χ2v) is 4.76. The number of hydrogen-bond acceptors (Lipinski definition) is 5. The van der Waals surface area contributed by atoms with Gasteiger partial charge in [-0.3, -0.25) is 4.90 Å². The molecule has 1 aromatic rings. The molecule has 1 saturated heterocycles.